The number of fused-ring (bicyclic) bond motifs is 1. The summed E-state index contributed by atoms with van der Waals surface area (Å²) in [6.45, 7) is 2.32. The van der Waals surface area contributed by atoms with E-state index in [1.807, 2.05) is 18.2 Å². The number of carbonyl (C=O) groups is 2. The van der Waals surface area contributed by atoms with E-state index < -0.39 is 12.1 Å². The lowest BCUT2D eigenvalue weighted by atomic mass is 10.1. The molecule has 1 amide bonds. The number of benzene rings is 2. The zero-order valence-corrected chi connectivity index (χ0v) is 14.9. The number of carbonyl (C=O) groups excluding carboxylic acids is 2. The first kappa shape index (κ1) is 17.4. The van der Waals surface area contributed by atoms with Gasteiger partial charge < -0.3 is 19.1 Å². The second-order valence-electron chi connectivity index (χ2n) is 6.59. The second-order valence-corrected chi connectivity index (χ2v) is 6.59. The van der Waals surface area contributed by atoms with Crippen LogP contribution in [0.1, 0.15) is 34.9 Å². The minimum atomic E-state index is -0.954. The summed E-state index contributed by atoms with van der Waals surface area (Å²) < 4.78 is 16.7. The Hall–Kier alpha value is -3.02. The van der Waals surface area contributed by atoms with Crippen LogP contribution in [0.15, 0.2) is 48.5 Å². The highest BCUT2D eigenvalue weighted by Crippen LogP contribution is 2.32. The first-order valence-electron chi connectivity index (χ1n) is 9.17. The maximum Gasteiger partial charge on any atom is 0.339 e. The monoisotopic (exact) mass is 367 g/mol. The van der Waals surface area contributed by atoms with Gasteiger partial charge >= 0.3 is 5.97 Å². The Morgan fingerprint density at radius 2 is 1.63 bits per heavy atom. The van der Waals surface area contributed by atoms with E-state index in [0.29, 0.717) is 48.9 Å². The molecule has 0 aromatic heterocycles. The van der Waals surface area contributed by atoms with E-state index in [2.05, 4.69) is 0 Å². The van der Waals surface area contributed by atoms with Crippen molar-refractivity contribution in [3.8, 4) is 11.5 Å². The third kappa shape index (κ3) is 3.74. The van der Waals surface area contributed by atoms with Crippen molar-refractivity contribution >= 4 is 11.9 Å². The Balaban J connectivity index is 1.57. The average Bonchev–Trinajstić information content (AvgIpc) is 3.26. The van der Waals surface area contributed by atoms with Crippen molar-refractivity contribution in [1.82, 2.24) is 4.90 Å². The molecule has 0 aliphatic carbocycles. The Morgan fingerprint density at radius 1 is 0.926 bits per heavy atom. The van der Waals surface area contributed by atoms with Gasteiger partial charge in [-0.1, -0.05) is 30.3 Å². The molecule has 0 spiro atoms. The lowest BCUT2D eigenvalue weighted by Crippen LogP contribution is -2.34. The fraction of sp³-hybridized carbons (Fsp3) is 0.333. The predicted molar refractivity (Wildman–Crippen MR) is 97.8 cm³/mol. The largest absolute Gasteiger partial charge is 0.486 e. The number of hydrogen-bond acceptors (Lipinski definition) is 5. The van der Waals surface area contributed by atoms with E-state index >= 15 is 0 Å². The van der Waals surface area contributed by atoms with Crippen LogP contribution >= 0.6 is 0 Å². The Morgan fingerprint density at radius 3 is 2.37 bits per heavy atom. The highest BCUT2D eigenvalue weighted by atomic mass is 16.6. The molecule has 0 N–H and O–H groups in total. The number of nitrogens with zero attached hydrogens (tertiary/aromatic N) is 1. The van der Waals surface area contributed by atoms with Gasteiger partial charge in [0.1, 0.15) is 13.2 Å². The van der Waals surface area contributed by atoms with Crippen LogP contribution in [0, 0.1) is 0 Å². The molecule has 2 aliphatic rings. The molecular weight excluding hydrogens is 346 g/mol. The molecule has 27 heavy (non-hydrogen) atoms. The van der Waals surface area contributed by atoms with Crippen LogP contribution in [0.2, 0.25) is 0 Å². The summed E-state index contributed by atoms with van der Waals surface area (Å²) >= 11 is 0. The maximum atomic E-state index is 12.9. The van der Waals surface area contributed by atoms with Gasteiger partial charge in [0, 0.05) is 18.7 Å². The van der Waals surface area contributed by atoms with Crippen LogP contribution in [0.25, 0.3) is 0 Å². The standard InChI is InChI=1S/C21H21NO5/c23-20(22-10-4-5-11-22)19(15-6-2-1-3-7-15)27-21(24)16-8-9-17-18(14-16)26-13-12-25-17/h1-3,6-9,14,19H,4-5,10-13H2/t19-/m0/s1. The molecule has 1 fully saturated rings. The van der Waals surface area contributed by atoms with Crippen molar-refractivity contribution in [3.63, 3.8) is 0 Å². The van der Waals surface area contributed by atoms with Crippen molar-refractivity contribution in [1.29, 1.82) is 0 Å². The molecule has 0 unspecified atom stereocenters. The van der Waals surface area contributed by atoms with Gasteiger partial charge in [0.2, 0.25) is 6.10 Å². The van der Waals surface area contributed by atoms with Crippen LogP contribution in [0.4, 0.5) is 0 Å². The van der Waals surface area contributed by atoms with Crippen LogP contribution in [0.5, 0.6) is 11.5 Å². The topological polar surface area (TPSA) is 65.1 Å². The van der Waals surface area contributed by atoms with E-state index in [0.717, 1.165) is 12.8 Å². The Kier molecular flexibility index (Phi) is 4.96. The van der Waals surface area contributed by atoms with Gasteiger partial charge in [-0.2, -0.15) is 0 Å². The SMILES string of the molecule is O=C(O[C@H](C(=O)N1CCCC1)c1ccccc1)c1ccc2c(c1)OCCO2. The van der Waals surface area contributed by atoms with Crippen molar-refractivity contribution in [2.45, 2.75) is 18.9 Å². The summed E-state index contributed by atoms with van der Waals surface area (Å²) in [6, 6.07) is 14.0. The lowest BCUT2D eigenvalue weighted by molar-refractivity contribution is -0.140. The van der Waals surface area contributed by atoms with Crippen molar-refractivity contribution in [2.24, 2.45) is 0 Å². The Labute approximate surface area is 157 Å². The van der Waals surface area contributed by atoms with E-state index in [1.165, 1.54) is 0 Å². The van der Waals surface area contributed by atoms with E-state index in [4.69, 9.17) is 14.2 Å². The van der Waals surface area contributed by atoms with Gasteiger partial charge in [0.05, 0.1) is 5.56 Å². The van der Waals surface area contributed by atoms with Crippen molar-refractivity contribution < 1.29 is 23.8 Å². The fourth-order valence-corrected chi connectivity index (χ4v) is 3.34. The molecule has 2 aromatic rings. The molecule has 0 saturated carbocycles. The van der Waals surface area contributed by atoms with Gasteiger partial charge in [-0.3, -0.25) is 4.79 Å². The highest BCUT2D eigenvalue weighted by Gasteiger charge is 2.31. The summed E-state index contributed by atoms with van der Waals surface area (Å²) in [4.78, 5) is 27.5. The summed E-state index contributed by atoms with van der Waals surface area (Å²) in [5, 5.41) is 0. The number of esters is 1. The Bertz CT molecular complexity index is 830. The molecule has 2 aliphatic heterocycles. The third-order valence-electron chi connectivity index (χ3n) is 4.75. The number of likely N-dealkylation sites (tertiary alicyclic amines) is 1. The zero-order chi connectivity index (χ0) is 18.6. The molecular formula is C21H21NO5. The summed E-state index contributed by atoms with van der Waals surface area (Å²) in [5.74, 6) is 0.376. The third-order valence-corrected chi connectivity index (χ3v) is 4.75. The smallest absolute Gasteiger partial charge is 0.339 e. The molecule has 2 heterocycles. The molecule has 0 bridgehead atoms. The number of ether oxygens (including phenoxy) is 3. The second kappa shape index (κ2) is 7.70. The van der Waals surface area contributed by atoms with Crippen LogP contribution < -0.4 is 9.47 Å². The van der Waals surface area contributed by atoms with E-state index in [-0.39, 0.29) is 5.91 Å². The van der Waals surface area contributed by atoms with Crippen LogP contribution in [-0.4, -0.2) is 43.1 Å². The maximum absolute atomic E-state index is 12.9. The van der Waals surface area contributed by atoms with Gasteiger partial charge in [0.15, 0.2) is 11.5 Å². The first-order valence-corrected chi connectivity index (χ1v) is 9.17. The van der Waals surface area contributed by atoms with Gasteiger partial charge in [-0.15, -0.1) is 0 Å². The molecule has 1 atom stereocenters. The van der Waals surface area contributed by atoms with Crippen LogP contribution in [0.3, 0.4) is 0 Å². The van der Waals surface area contributed by atoms with E-state index in [9.17, 15) is 9.59 Å². The van der Waals surface area contributed by atoms with Gasteiger partial charge in [-0.25, -0.2) is 4.79 Å². The quantitative estimate of drug-likeness (QED) is 0.778. The van der Waals surface area contributed by atoms with Gasteiger partial charge in [0.25, 0.3) is 5.91 Å². The fourth-order valence-electron chi connectivity index (χ4n) is 3.34. The minimum Gasteiger partial charge on any atom is -0.486 e. The molecule has 4 rings (SSSR count). The van der Waals surface area contributed by atoms with E-state index in [1.54, 1.807) is 35.2 Å². The molecule has 0 radical (unpaired) electrons. The molecule has 1 saturated heterocycles. The predicted octanol–water partition coefficient (Wildman–Crippen LogP) is 2.98. The average molecular weight is 367 g/mol. The van der Waals surface area contributed by atoms with Crippen molar-refractivity contribution in [2.75, 3.05) is 26.3 Å². The van der Waals surface area contributed by atoms with Gasteiger partial charge in [-0.05, 0) is 31.0 Å². The highest BCUT2D eigenvalue weighted by molar-refractivity contribution is 5.93. The normalized spacial score (nSPS) is 16.7. The summed E-state index contributed by atoms with van der Waals surface area (Å²) in [6.07, 6.45) is 0.997. The molecule has 6 nitrogen and oxygen atoms in total. The minimum absolute atomic E-state index is 0.176. The number of amides is 1. The summed E-state index contributed by atoms with van der Waals surface area (Å²) in [5.41, 5.74) is 0.995. The zero-order valence-electron chi connectivity index (χ0n) is 14.9. The first-order chi connectivity index (χ1) is 13.2. The summed E-state index contributed by atoms with van der Waals surface area (Å²) in [7, 11) is 0. The lowest BCUT2D eigenvalue weighted by Gasteiger charge is -2.24. The number of hydrogen-bond donors (Lipinski definition) is 0. The molecule has 140 valence electrons. The van der Waals surface area contributed by atoms with Crippen molar-refractivity contribution in [3.05, 3.63) is 59.7 Å². The van der Waals surface area contributed by atoms with Crippen LogP contribution in [-0.2, 0) is 9.53 Å². The molecule has 2 aromatic carbocycles. The number of rotatable bonds is 4. The molecule has 6 heteroatoms.